The van der Waals surface area contributed by atoms with Crippen molar-refractivity contribution < 1.29 is 4.79 Å². The maximum absolute atomic E-state index is 12.3. The Morgan fingerprint density at radius 1 is 1.53 bits per heavy atom. The molecule has 1 amide bonds. The van der Waals surface area contributed by atoms with Crippen LogP contribution in [-0.2, 0) is 0 Å². The second-order valence-electron chi connectivity index (χ2n) is 4.94. The van der Waals surface area contributed by atoms with Crippen molar-refractivity contribution in [3.8, 4) is 0 Å². The van der Waals surface area contributed by atoms with E-state index in [1.165, 1.54) is 0 Å². The summed E-state index contributed by atoms with van der Waals surface area (Å²) in [5.41, 5.74) is 8.76. The molecular formula is C14H16N4O. The number of carbonyl (C=O) groups excluding carboxylic acids is 1. The van der Waals surface area contributed by atoms with Gasteiger partial charge in [0, 0.05) is 30.3 Å². The van der Waals surface area contributed by atoms with Gasteiger partial charge in [0.25, 0.3) is 5.91 Å². The van der Waals surface area contributed by atoms with E-state index >= 15 is 0 Å². The van der Waals surface area contributed by atoms with Crippen molar-refractivity contribution >= 4 is 17.3 Å². The maximum Gasteiger partial charge on any atom is 0.272 e. The Labute approximate surface area is 111 Å². The van der Waals surface area contributed by atoms with Crippen molar-refractivity contribution in [2.45, 2.75) is 25.8 Å². The third kappa shape index (κ3) is 2.31. The number of aryl methyl sites for hydroxylation is 1. The highest BCUT2D eigenvalue weighted by Crippen LogP contribution is 2.37. The molecule has 0 aliphatic heterocycles. The smallest absolute Gasteiger partial charge is 0.272 e. The number of rotatable bonds is 3. The SMILES string of the molecule is Cc1cnccc1NC(=O)c1cc(N)cn1C1CC1. The molecule has 2 aromatic heterocycles. The first kappa shape index (κ1) is 11.8. The topological polar surface area (TPSA) is 72.9 Å². The lowest BCUT2D eigenvalue weighted by molar-refractivity contribution is 0.101. The standard InChI is InChI=1S/C14H16N4O/c1-9-7-16-5-4-12(9)17-14(19)13-6-10(15)8-18(13)11-2-3-11/h4-8,11H,2-3,15H2,1H3,(H,16,17,19). The number of amides is 1. The first-order chi connectivity index (χ1) is 9.15. The molecule has 0 bridgehead atoms. The molecule has 1 saturated carbocycles. The Balaban J connectivity index is 1.86. The molecule has 0 unspecified atom stereocenters. The van der Waals surface area contributed by atoms with Gasteiger partial charge < -0.3 is 15.6 Å². The number of nitrogens with one attached hydrogen (secondary N) is 1. The van der Waals surface area contributed by atoms with E-state index in [2.05, 4.69) is 10.3 Å². The van der Waals surface area contributed by atoms with Crippen molar-refractivity contribution in [3.05, 3.63) is 42.0 Å². The predicted octanol–water partition coefficient (Wildman–Crippen LogP) is 2.36. The third-order valence-corrected chi connectivity index (χ3v) is 3.31. The van der Waals surface area contributed by atoms with Crippen LogP contribution in [0.3, 0.4) is 0 Å². The number of hydrogen-bond acceptors (Lipinski definition) is 3. The molecule has 2 aromatic rings. The molecule has 0 radical (unpaired) electrons. The number of nitrogens with zero attached hydrogens (tertiary/aromatic N) is 2. The first-order valence-corrected chi connectivity index (χ1v) is 6.34. The third-order valence-electron chi connectivity index (χ3n) is 3.31. The number of hydrogen-bond donors (Lipinski definition) is 2. The van der Waals surface area contributed by atoms with E-state index < -0.39 is 0 Å². The van der Waals surface area contributed by atoms with Crippen LogP contribution in [0, 0.1) is 6.92 Å². The minimum atomic E-state index is -0.127. The largest absolute Gasteiger partial charge is 0.397 e. The average Bonchev–Trinajstić information content (AvgIpc) is 3.15. The van der Waals surface area contributed by atoms with Gasteiger partial charge >= 0.3 is 0 Å². The van der Waals surface area contributed by atoms with E-state index in [4.69, 9.17) is 5.73 Å². The molecule has 0 atom stereocenters. The molecule has 98 valence electrons. The van der Waals surface area contributed by atoms with Gasteiger partial charge in [0.05, 0.1) is 5.69 Å². The minimum Gasteiger partial charge on any atom is -0.397 e. The first-order valence-electron chi connectivity index (χ1n) is 6.34. The van der Waals surface area contributed by atoms with Crippen molar-refractivity contribution in [3.63, 3.8) is 0 Å². The zero-order valence-electron chi connectivity index (χ0n) is 10.8. The molecule has 19 heavy (non-hydrogen) atoms. The molecule has 5 heteroatoms. The van der Waals surface area contributed by atoms with E-state index in [1.807, 2.05) is 17.7 Å². The van der Waals surface area contributed by atoms with Crippen LogP contribution in [-0.4, -0.2) is 15.5 Å². The Hall–Kier alpha value is -2.30. The van der Waals surface area contributed by atoms with E-state index in [9.17, 15) is 4.79 Å². The summed E-state index contributed by atoms with van der Waals surface area (Å²) in [4.78, 5) is 16.3. The Kier molecular flexibility index (Phi) is 2.74. The fourth-order valence-electron chi connectivity index (χ4n) is 2.14. The lowest BCUT2D eigenvalue weighted by Gasteiger charge is -2.10. The van der Waals surface area contributed by atoms with Crippen molar-refractivity contribution in [1.82, 2.24) is 9.55 Å². The van der Waals surface area contributed by atoms with Crippen LogP contribution >= 0.6 is 0 Å². The van der Waals surface area contributed by atoms with Crippen LogP contribution < -0.4 is 11.1 Å². The van der Waals surface area contributed by atoms with Gasteiger partial charge in [0.1, 0.15) is 5.69 Å². The molecule has 1 aliphatic rings. The molecule has 0 aromatic carbocycles. The second-order valence-corrected chi connectivity index (χ2v) is 4.94. The van der Waals surface area contributed by atoms with Gasteiger partial charge in [-0.1, -0.05) is 0 Å². The van der Waals surface area contributed by atoms with Crippen molar-refractivity contribution in [1.29, 1.82) is 0 Å². The molecule has 3 rings (SSSR count). The van der Waals surface area contributed by atoms with Crippen molar-refractivity contribution in [2.75, 3.05) is 11.1 Å². The summed E-state index contributed by atoms with van der Waals surface area (Å²) in [5, 5.41) is 2.91. The Morgan fingerprint density at radius 2 is 2.32 bits per heavy atom. The van der Waals surface area contributed by atoms with Gasteiger partial charge in [-0.25, -0.2) is 0 Å². The monoisotopic (exact) mass is 256 g/mol. The van der Waals surface area contributed by atoms with Gasteiger partial charge in [0.15, 0.2) is 0 Å². The molecule has 1 fully saturated rings. The molecule has 3 N–H and O–H groups in total. The summed E-state index contributed by atoms with van der Waals surface area (Å²) >= 11 is 0. The zero-order valence-corrected chi connectivity index (χ0v) is 10.8. The van der Waals surface area contributed by atoms with Gasteiger partial charge in [-0.2, -0.15) is 0 Å². The van der Waals surface area contributed by atoms with Crippen LogP contribution in [0.4, 0.5) is 11.4 Å². The quantitative estimate of drug-likeness (QED) is 0.885. The number of pyridine rings is 1. The molecule has 0 spiro atoms. The van der Waals surface area contributed by atoms with E-state index in [0.29, 0.717) is 17.4 Å². The molecular weight excluding hydrogens is 240 g/mol. The van der Waals surface area contributed by atoms with Gasteiger partial charge in [-0.15, -0.1) is 0 Å². The van der Waals surface area contributed by atoms with Gasteiger partial charge in [-0.05, 0) is 37.5 Å². The van der Waals surface area contributed by atoms with Gasteiger partial charge in [-0.3, -0.25) is 9.78 Å². The van der Waals surface area contributed by atoms with Crippen molar-refractivity contribution in [2.24, 2.45) is 0 Å². The summed E-state index contributed by atoms with van der Waals surface area (Å²) < 4.78 is 1.97. The summed E-state index contributed by atoms with van der Waals surface area (Å²) in [6, 6.07) is 3.95. The molecule has 5 nitrogen and oxygen atoms in total. The van der Waals surface area contributed by atoms with Crippen LogP contribution in [0.2, 0.25) is 0 Å². The molecule has 1 aliphatic carbocycles. The number of nitrogens with two attached hydrogens (primary N) is 1. The highest BCUT2D eigenvalue weighted by atomic mass is 16.2. The summed E-state index contributed by atoms with van der Waals surface area (Å²) in [6.07, 6.45) is 7.46. The second kappa shape index (κ2) is 4.42. The summed E-state index contributed by atoms with van der Waals surface area (Å²) in [6.45, 7) is 1.91. The predicted molar refractivity (Wildman–Crippen MR) is 74.0 cm³/mol. The lowest BCUT2D eigenvalue weighted by Crippen LogP contribution is -2.17. The highest BCUT2D eigenvalue weighted by Gasteiger charge is 2.27. The minimum absolute atomic E-state index is 0.127. The highest BCUT2D eigenvalue weighted by molar-refractivity contribution is 6.04. The Bertz CT molecular complexity index is 628. The fourth-order valence-corrected chi connectivity index (χ4v) is 2.14. The summed E-state index contributed by atoms with van der Waals surface area (Å²) in [7, 11) is 0. The lowest BCUT2D eigenvalue weighted by atomic mass is 10.2. The molecule has 2 heterocycles. The summed E-state index contributed by atoms with van der Waals surface area (Å²) in [5.74, 6) is -0.127. The zero-order chi connectivity index (χ0) is 13.4. The number of aromatic nitrogens is 2. The Morgan fingerprint density at radius 3 is 3.00 bits per heavy atom. The number of anilines is 2. The maximum atomic E-state index is 12.3. The van der Waals surface area contributed by atoms with Crippen LogP contribution in [0.5, 0.6) is 0 Å². The fraction of sp³-hybridized carbons (Fsp3) is 0.286. The van der Waals surface area contributed by atoms with E-state index in [-0.39, 0.29) is 5.91 Å². The molecule has 0 saturated heterocycles. The van der Waals surface area contributed by atoms with E-state index in [1.54, 1.807) is 24.5 Å². The normalized spacial score (nSPS) is 14.4. The van der Waals surface area contributed by atoms with Crippen LogP contribution in [0.15, 0.2) is 30.7 Å². The van der Waals surface area contributed by atoms with Gasteiger partial charge in [0.2, 0.25) is 0 Å². The number of carbonyl (C=O) groups is 1. The van der Waals surface area contributed by atoms with E-state index in [0.717, 1.165) is 24.1 Å². The van der Waals surface area contributed by atoms with Crippen LogP contribution in [0.1, 0.15) is 34.9 Å². The number of nitrogen functional groups attached to an aromatic ring is 1. The van der Waals surface area contributed by atoms with Crippen LogP contribution in [0.25, 0.3) is 0 Å². The average molecular weight is 256 g/mol.